The van der Waals surface area contributed by atoms with Gasteiger partial charge >= 0.3 is 0 Å². The van der Waals surface area contributed by atoms with Crippen molar-refractivity contribution < 1.29 is 22.7 Å². The number of rotatable bonds is 16. The van der Waals surface area contributed by atoms with Crippen molar-refractivity contribution in [3.63, 3.8) is 0 Å². The van der Waals surface area contributed by atoms with Gasteiger partial charge in [0.25, 0.3) is 0 Å². The summed E-state index contributed by atoms with van der Waals surface area (Å²) < 4.78 is 32.2. The van der Waals surface area contributed by atoms with Gasteiger partial charge in [0, 0.05) is 25.6 Å². The molecule has 0 fully saturated rings. The highest BCUT2D eigenvalue weighted by molar-refractivity contribution is 7.92. The van der Waals surface area contributed by atoms with Crippen molar-refractivity contribution in [1.82, 2.24) is 10.2 Å². The largest absolute Gasteiger partial charge is 0.492 e. The first-order valence-electron chi connectivity index (χ1n) is 13.5. The van der Waals surface area contributed by atoms with E-state index in [2.05, 4.69) is 5.32 Å². The zero-order valence-corrected chi connectivity index (χ0v) is 24.2. The second kappa shape index (κ2) is 15.4. The summed E-state index contributed by atoms with van der Waals surface area (Å²) in [4.78, 5) is 28.3. The lowest BCUT2D eigenvalue weighted by Gasteiger charge is -2.32. The summed E-state index contributed by atoms with van der Waals surface area (Å²) in [6.07, 6.45) is 3.47. The first kappa shape index (κ1) is 31.1. The molecule has 9 heteroatoms. The van der Waals surface area contributed by atoms with Gasteiger partial charge in [-0.1, -0.05) is 56.3 Å². The fraction of sp³-hybridized carbons (Fsp3) is 0.517. The van der Waals surface area contributed by atoms with Gasteiger partial charge in [0.1, 0.15) is 11.8 Å². The number of anilines is 1. The van der Waals surface area contributed by atoms with Crippen molar-refractivity contribution in [3.8, 4) is 5.75 Å². The smallest absolute Gasteiger partial charge is 0.243 e. The summed E-state index contributed by atoms with van der Waals surface area (Å²) in [5.74, 6) is 0.147. The van der Waals surface area contributed by atoms with Gasteiger partial charge in [0.05, 0.1) is 18.6 Å². The van der Waals surface area contributed by atoms with Crippen molar-refractivity contribution in [3.05, 3.63) is 60.2 Å². The van der Waals surface area contributed by atoms with E-state index in [9.17, 15) is 18.0 Å². The first-order chi connectivity index (χ1) is 18.1. The normalized spacial score (nSPS) is 12.9. The van der Waals surface area contributed by atoms with Gasteiger partial charge in [-0.3, -0.25) is 13.9 Å². The van der Waals surface area contributed by atoms with E-state index in [0.29, 0.717) is 43.9 Å². The highest BCUT2D eigenvalue weighted by Crippen LogP contribution is 2.30. The molecule has 0 radical (unpaired) electrons. The fourth-order valence-corrected chi connectivity index (χ4v) is 5.23. The van der Waals surface area contributed by atoms with Crippen LogP contribution in [-0.2, 0) is 26.0 Å². The van der Waals surface area contributed by atoms with E-state index in [1.807, 2.05) is 58.0 Å². The molecule has 1 N–H and O–H groups in total. The molecule has 2 aromatic carbocycles. The van der Waals surface area contributed by atoms with Crippen LogP contribution in [0.1, 0.15) is 58.9 Å². The molecule has 0 aliphatic rings. The number of amides is 2. The van der Waals surface area contributed by atoms with Gasteiger partial charge in [-0.15, -0.1) is 0 Å². The molecule has 0 bridgehead atoms. The van der Waals surface area contributed by atoms with Crippen molar-refractivity contribution in [2.45, 2.75) is 71.9 Å². The molecule has 2 rings (SSSR count). The number of carbonyl (C=O) groups is 2. The summed E-state index contributed by atoms with van der Waals surface area (Å²) in [6, 6.07) is 16.3. The minimum Gasteiger partial charge on any atom is -0.492 e. The molecule has 2 aromatic rings. The maximum absolute atomic E-state index is 13.5. The number of sulfonamides is 1. The Bertz CT molecular complexity index is 1120. The average Bonchev–Trinajstić information content (AvgIpc) is 2.89. The van der Waals surface area contributed by atoms with Gasteiger partial charge in [0.2, 0.25) is 21.8 Å². The predicted octanol–water partition coefficient (Wildman–Crippen LogP) is 4.40. The average molecular weight is 546 g/mol. The zero-order chi connectivity index (χ0) is 28.1. The molecule has 210 valence electrons. The molecule has 0 saturated heterocycles. The van der Waals surface area contributed by atoms with Crippen molar-refractivity contribution >= 4 is 27.5 Å². The lowest BCUT2D eigenvalue weighted by Crippen LogP contribution is -2.51. The summed E-state index contributed by atoms with van der Waals surface area (Å²) in [5.41, 5.74) is 1.53. The summed E-state index contributed by atoms with van der Waals surface area (Å²) >= 11 is 0. The SMILES string of the molecule is CCOc1ccccc1N(CCCC(=O)N(CCc1ccccc1)[C@H](CC)C(=O)N[C@@H](C)CC)S(C)(=O)=O. The number of nitrogens with zero attached hydrogens (tertiary/aromatic N) is 2. The molecule has 0 spiro atoms. The van der Waals surface area contributed by atoms with E-state index in [1.54, 1.807) is 29.2 Å². The van der Waals surface area contributed by atoms with E-state index in [0.717, 1.165) is 18.2 Å². The number of benzene rings is 2. The van der Waals surface area contributed by atoms with E-state index < -0.39 is 16.1 Å². The van der Waals surface area contributed by atoms with E-state index in [4.69, 9.17) is 4.74 Å². The molecule has 2 atom stereocenters. The predicted molar refractivity (Wildman–Crippen MR) is 153 cm³/mol. The molecule has 38 heavy (non-hydrogen) atoms. The van der Waals surface area contributed by atoms with Crippen LogP contribution >= 0.6 is 0 Å². The van der Waals surface area contributed by atoms with Crippen LogP contribution in [-0.4, -0.2) is 63.2 Å². The minimum atomic E-state index is -3.61. The fourth-order valence-electron chi connectivity index (χ4n) is 4.26. The Morgan fingerprint density at radius 1 is 0.947 bits per heavy atom. The molecule has 0 aromatic heterocycles. The topological polar surface area (TPSA) is 96.0 Å². The van der Waals surface area contributed by atoms with E-state index in [1.165, 1.54) is 4.31 Å². The van der Waals surface area contributed by atoms with Gasteiger partial charge < -0.3 is 15.0 Å². The van der Waals surface area contributed by atoms with E-state index in [-0.39, 0.29) is 30.8 Å². The Kier molecular flexibility index (Phi) is 12.6. The second-order valence-corrected chi connectivity index (χ2v) is 11.3. The quantitative estimate of drug-likeness (QED) is 0.337. The van der Waals surface area contributed by atoms with Crippen molar-refractivity contribution in [2.75, 3.05) is 30.3 Å². The standard InChI is InChI=1S/C29H43N3O5S/c1-6-23(4)30-29(34)25(7-2)31(22-20-24-15-10-9-11-16-24)28(33)19-14-21-32(38(5,35)36)26-17-12-13-18-27(26)37-8-3/h9-13,15-18,23,25H,6-8,14,19-22H2,1-5H3,(H,30,34)/t23-,25+/m0/s1. The summed E-state index contributed by atoms with van der Waals surface area (Å²) in [5, 5.41) is 3.01. The molecule has 0 aliphatic heterocycles. The molecular formula is C29H43N3O5S. The first-order valence-corrected chi connectivity index (χ1v) is 15.3. The van der Waals surface area contributed by atoms with Crippen LogP contribution in [0.25, 0.3) is 0 Å². The molecular weight excluding hydrogens is 502 g/mol. The van der Waals surface area contributed by atoms with Crippen LogP contribution in [0.4, 0.5) is 5.69 Å². The third-order valence-corrected chi connectivity index (χ3v) is 7.64. The summed E-state index contributed by atoms with van der Waals surface area (Å²) in [7, 11) is -3.61. The molecule has 8 nitrogen and oxygen atoms in total. The number of ether oxygens (including phenoxy) is 1. The van der Waals surface area contributed by atoms with Gasteiger partial charge in [-0.25, -0.2) is 8.42 Å². The lowest BCUT2D eigenvalue weighted by molar-refractivity contribution is -0.141. The Morgan fingerprint density at radius 2 is 1.61 bits per heavy atom. The van der Waals surface area contributed by atoms with E-state index >= 15 is 0 Å². The molecule has 0 aliphatic carbocycles. The Labute approximate surface area is 228 Å². The van der Waals surface area contributed by atoms with Crippen LogP contribution in [0.15, 0.2) is 54.6 Å². The highest BCUT2D eigenvalue weighted by atomic mass is 32.2. The van der Waals surface area contributed by atoms with Crippen LogP contribution in [0.2, 0.25) is 0 Å². The maximum atomic E-state index is 13.5. The summed E-state index contributed by atoms with van der Waals surface area (Å²) in [6.45, 7) is 8.61. The monoisotopic (exact) mass is 545 g/mol. The third-order valence-electron chi connectivity index (χ3n) is 6.46. The zero-order valence-electron chi connectivity index (χ0n) is 23.4. The number of hydrogen-bond donors (Lipinski definition) is 1. The molecule has 0 unspecified atom stereocenters. The third kappa shape index (κ3) is 9.35. The molecule has 2 amide bonds. The lowest BCUT2D eigenvalue weighted by atomic mass is 10.1. The van der Waals surface area contributed by atoms with Gasteiger partial charge in [0.15, 0.2) is 0 Å². The Hall–Kier alpha value is -3.07. The van der Waals surface area contributed by atoms with Crippen molar-refractivity contribution in [1.29, 1.82) is 0 Å². The minimum absolute atomic E-state index is 0.0105. The van der Waals surface area contributed by atoms with Crippen LogP contribution in [0.5, 0.6) is 5.75 Å². The van der Waals surface area contributed by atoms with Gasteiger partial charge in [-0.05, 0) is 57.2 Å². The molecule has 0 saturated carbocycles. The van der Waals surface area contributed by atoms with Gasteiger partial charge in [-0.2, -0.15) is 0 Å². The maximum Gasteiger partial charge on any atom is 0.243 e. The van der Waals surface area contributed by atoms with Crippen LogP contribution < -0.4 is 14.4 Å². The number of nitrogens with one attached hydrogen (secondary N) is 1. The molecule has 0 heterocycles. The Morgan fingerprint density at radius 3 is 2.21 bits per heavy atom. The van der Waals surface area contributed by atoms with Crippen molar-refractivity contribution in [2.24, 2.45) is 0 Å². The second-order valence-electron chi connectivity index (χ2n) is 9.40. The van der Waals surface area contributed by atoms with Crippen LogP contribution in [0, 0.1) is 0 Å². The number of carbonyl (C=O) groups excluding carboxylic acids is 2. The Balaban J connectivity index is 2.20. The van der Waals surface area contributed by atoms with Crippen LogP contribution in [0.3, 0.4) is 0 Å². The number of para-hydroxylation sites is 2. The highest BCUT2D eigenvalue weighted by Gasteiger charge is 2.29. The number of hydrogen-bond acceptors (Lipinski definition) is 5.